The Balaban J connectivity index is 1.87. The maximum absolute atomic E-state index is 13.1. The summed E-state index contributed by atoms with van der Waals surface area (Å²) in [7, 11) is 0. The van der Waals surface area contributed by atoms with Gasteiger partial charge in [-0.2, -0.15) is 0 Å². The van der Waals surface area contributed by atoms with Gasteiger partial charge in [0.05, 0.1) is 18.5 Å². The number of furan rings is 1. The molecule has 4 rings (SSSR count). The van der Waals surface area contributed by atoms with Crippen molar-refractivity contribution in [3.05, 3.63) is 106 Å². The summed E-state index contributed by atoms with van der Waals surface area (Å²) in [6, 6.07) is 19.6. The van der Waals surface area contributed by atoms with Crippen LogP contribution in [0.4, 0.5) is 5.69 Å². The Morgan fingerprint density at radius 3 is 2.55 bits per heavy atom. The number of para-hydroxylation sites is 1. The average Bonchev–Trinajstić information content (AvgIpc) is 3.25. The molecule has 144 valence electrons. The summed E-state index contributed by atoms with van der Waals surface area (Å²) in [6.45, 7) is 2.23. The van der Waals surface area contributed by atoms with E-state index in [1.165, 1.54) is 12.3 Å². The van der Waals surface area contributed by atoms with Gasteiger partial charge in [0, 0.05) is 23.6 Å². The van der Waals surface area contributed by atoms with E-state index in [0.29, 0.717) is 29.4 Å². The average molecular weight is 385 g/mol. The number of hydrogen-bond acceptors (Lipinski definition) is 4. The molecule has 6 heteroatoms. The number of benzene rings is 1. The molecule has 0 aliphatic rings. The number of nitrogens with one attached hydrogen (secondary N) is 1. The van der Waals surface area contributed by atoms with Crippen LogP contribution in [0.5, 0.6) is 0 Å². The van der Waals surface area contributed by atoms with Gasteiger partial charge in [-0.25, -0.2) is 0 Å². The highest BCUT2D eigenvalue weighted by molar-refractivity contribution is 6.07. The van der Waals surface area contributed by atoms with Gasteiger partial charge < -0.3 is 14.3 Å². The minimum Gasteiger partial charge on any atom is -0.463 e. The molecule has 1 amide bonds. The first-order valence-electron chi connectivity index (χ1n) is 9.18. The summed E-state index contributed by atoms with van der Waals surface area (Å²) in [5, 5.41) is 2.80. The number of carbonyl (C=O) groups excluding carboxylic acids is 1. The summed E-state index contributed by atoms with van der Waals surface area (Å²) < 4.78 is 7.47. The van der Waals surface area contributed by atoms with Crippen molar-refractivity contribution in [2.24, 2.45) is 0 Å². The molecule has 29 heavy (non-hydrogen) atoms. The normalized spacial score (nSPS) is 10.7. The lowest BCUT2D eigenvalue weighted by Gasteiger charge is -2.18. The number of carbonyl (C=O) groups is 1. The number of amides is 1. The molecular weight excluding hydrogens is 366 g/mol. The summed E-state index contributed by atoms with van der Waals surface area (Å²) in [5.74, 6) is -0.0395. The molecule has 4 aromatic rings. The second kappa shape index (κ2) is 7.98. The van der Waals surface area contributed by atoms with E-state index >= 15 is 0 Å². The maximum Gasteiger partial charge on any atom is 0.261 e. The highest BCUT2D eigenvalue weighted by Crippen LogP contribution is 2.25. The van der Waals surface area contributed by atoms with Gasteiger partial charge in [0.2, 0.25) is 0 Å². The molecular formula is C23H19N3O3. The minimum absolute atomic E-state index is 0.0327. The Hall–Kier alpha value is -3.93. The molecule has 0 aliphatic heterocycles. The van der Waals surface area contributed by atoms with E-state index in [-0.39, 0.29) is 11.0 Å². The van der Waals surface area contributed by atoms with Crippen molar-refractivity contribution >= 4 is 11.6 Å². The number of anilines is 1. The summed E-state index contributed by atoms with van der Waals surface area (Å²) in [6.07, 6.45) is 3.23. The fraction of sp³-hybridized carbons (Fsp3) is 0.0870. The topological polar surface area (TPSA) is 77.1 Å². The molecule has 0 saturated carbocycles. The van der Waals surface area contributed by atoms with Crippen LogP contribution in [0, 0.1) is 6.92 Å². The monoisotopic (exact) mass is 385 g/mol. The molecule has 0 bridgehead atoms. The highest BCUT2D eigenvalue weighted by atomic mass is 16.3. The second-order valence-electron chi connectivity index (χ2n) is 6.58. The molecule has 6 nitrogen and oxygen atoms in total. The predicted molar refractivity (Wildman–Crippen MR) is 111 cm³/mol. The Morgan fingerprint density at radius 1 is 1.07 bits per heavy atom. The Labute approximate surface area is 167 Å². The SMILES string of the molecule is Cc1cc(=O)c(C(=O)Nc2ccccc2)c(-c2ccco2)n1Cc1ccccn1. The first-order chi connectivity index (χ1) is 14.1. The van der Waals surface area contributed by atoms with Gasteiger partial charge in [0.1, 0.15) is 11.3 Å². The van der Waals surface area contributed by atoms with Crippen molar-refractivity contribution < 1.29 is 9.21 Å². The minimum atomic E-state index is -0.484. The van der Waals surface area contributed by atoms with Crippen LogP contribution in [0.1, 0.15) is 21.7 Å². The molecule has 0 saturated heterocycles. The zero-order valence-corrected chi connectivity index (χ0v) is 15.8. The van der Waals surface area contributed by atoms with E-state index in [1.807, 2.05) is 47.9 Å². The molecule has 0 atom stereocenters. The second-order valence-corrected chi connectivity index (χ2v) is 6.58. The molecule has 0 unspecified atom stereocenters. The zero-order chi connectivity index (χ0) is 20.2. The van der Waals surface area contributed by atoms with Crippen LogP contribution in [-0.4, -0.2) is 15.5 Å². The van der Waals surface area contributed by atoms with Crippen LogP contribution in [-0.2, 0) is 6.54 Å². The number of aromatic nitrogens is 2. The van der Waals surface area contributed by atoms with Crippen LogP contribution >= 0.6 is 0 Å². The molecule has 1 N–H and O–H groups in total. The third kappa shape index (κ3) is 3.87. The van der Waals surface area contributed by atoms with Crippen molar-refractivity contribution in [1.82, 2.24) is 9.55 Å². The first-order valence-corrected chi connectivity index (χ1v) is 9.18. The Morgan fingerprint density at radius 2 is 1.86 bits per heavy atom. The number of nitrogens with zero attached hydrogens (tertiary/aromatic N) is 2. The van der Waals surface area contributed by atoms with Crippen LogP contribution in [0.15, 0.2) is 88.4 Å². The maximum atomic E-state index is 13.1. The van der Waals surface area contributed by atoms with E-state index in [1.54, 1.807) is 30.5 Å². The van der Waals surface area contributed by atoms with E-state index in [2.05, 4.69) is 10.3 Å². The summed E-state index contributed by atoms with van der Waals surface area (Å²) in [5.41, 5.74) is 2.23. The molecule has 3 heterocycles. The number of rotatable bonds is 5. The van der Waals surface area contributed by atoms with E-state index in [4.69, 9.17) is 4.42 Å². The van der Waals surface area contributed by atoms with Crippen molar-refractivity contribution in [2.45, 2.75) is 13.5 Å². The Bertz CT molecular complexity index is 1180. The number of pyridine rings is 2. The zero-order valence-electron chi connectivity index (χ0n) is 15.8. The van der Waals surface area contributed by atoms with Crippen LogP contribution in [0.25, 0.3) is 11.5 Å². The number of hydrogen-bond donors (Lipinski definition) is 1. The number of aryl methyl sites for hydroxylation is 1. The molecule has 1 aromatic carbocycles. The molecule has 0 aliphatic carbocycles. The van der Waals surface area contributed by atoms with Gasteiger partial charge in [-0.3, -0.25) is 14.6 Å². The highest BCUT2D eigenvalue weighted by Gasteiger charge is 2.23. The fourth-order valence-corrected chi connectivity index (χ4v) is 3.23. The predicted octanol–water partition coefficient (Wildman–Crippen LogP) is 4.11. The van der Waals surface area contributed by atoms with E-state index in [9.17, 15) is 9.59 Å². The van der Waals surface area contributed by atoms with E-state index in [0.717, 1.165) is 5.69 Å². The molecule has 0 spiro atoms. The van der Waals surface area contributed by atoms with Gasteiger partial charge in [0.15, 0.2) is 11.2 Å². The van der Waals surface area contributed by atoms with Crippen molar-refractivity contribution in [3.63, 3.8) is 0 Å². The van der Waals surface area contributed by atoms with Gasteiger partial charge in [0.25, 0.3) is 5.91 Å². The summed E-state index contributed by atoms with van der Waals surface area (Å²) >= 11 is 0. The standard InChI is InChI=1S/C23H19N3O3/c1-16-14-19(27)21(23(28)25-17-8-3-2-4-9-17)22(20-11-7-13-29-20)26(16)15-18-10-5-6-12-24-18/h2-14H,15H2,1H3,(H,25,28). The fourth-order valence-electron chi connectivity index (χ4n) is 3.23. The third-order valence-electron chi connectivity index (χ3n) is 4.58. The first kappa shape index (κ1) is 18.4. The van der Waals surface area contributed by atoms with Gasteiger partial charge in [-0.05, 0) is 43.3 Å². The lowest BCUT2D eigenvalue weighted by molar-refractivity contribution is 0.102. The van der Waals surface area contributed by atoms with Crippen LogP contribution in [0.3, 0.4) is 0 Å². The quantitative estimate of drug-likeness (QED) is 0.561. The van der Waals surface area contributed by atoms with E-state index < -0.39 is 5.91 Å². The molecule has 0 radical (unpaired) electrons. The third-order valence-corrected chi connectivity index (χ3v) is 4.58. The largest absolute Gasteiger partial charge is 0.463 e. The van der Waals surface area contributed by atoms with Gasteiger partial charge in [-0.1, -0.05) is 24.3 Å². The molecule has 3 aromatic heterocycles. The lowest BCUT2D eigenvalue weighted by atomic mass is 10.1. The van der Waals surface area contributed by atoms with Gasteiger partial charge in [-0.15, -0.1) is 0 Å². The van der Waals surface area contributed by atoms with Crippen molar-refractivity contribution in [1.29, 1.82) is 0 Å². The van der Waals surface area contributed by atoms with Crippen molar-refractivity contribution in [2.75, 3.05) is 5.32 Å². The van der Waals surface area contributed by atoms with Crippen molar-refractivity contribution in [3.8, 4) is 11.5 Å². The van der Waals surface area contributed by atoms with Crippen LogP contribution < -0.4 is 10.7 Å². The Kier molecular flexibility index (Phi) is 5.07. The summed E-state index contributed by atoms with van der Waals surface area (Å²) in [4.78, 5) is 30.3. The molecule has 0 fully saturated rings. The van der Waals surface area contributed by atoms with Gasteiger partial charge >= 0.3 is 0 Å². The lowest BCUT2D eigenvalue weighted by Crippen LogP contribution is -2.27. The smallest absolute Gasteiger partial charge is 0.261 e. The van der Waals surface area contributed by atoms with Crippen LogP contribution in [0.2, 0.25) is 0 Å².